The van der Waals surface area contributed by atoms with Gasteiger partial charge in [0.25, 0.3) is 0 Å². The third-order valence-corrected chi connectivity index (χ3v) is 3.83. The van der Waals surface area contributed by atoms with E-state index in [0.29, 0.717) is 11.2 Å². The molecule has 0 spiro atoms. The summed E-state index contributed by atoms with van der Waals surface area (Å²) in [6.45, 7) is -0.605. The molecule has 8 N–H and O–H groups in total. The topological polar surface area (TPSA) is 269 Å². The molecule has 0 aromatic rings. The number of aliphatic carboxylic acids is 1. The molecular weight excluding hydrogens is 412 g/mol. The number of ether oxygens (including phenoxy) is 1. The van der Waals surface area contributed by atoms with Crippen molar-refractivity contribution in [2.24, 2.45) is 11.0 Å². The van der Waals surface area contributed by atoms with Crippen LogP contribution in [0.5, 0.6) is 0 Å². The Labute approximate surface area is 169 Å². The van der Waals surface area contributed by atoms with Crippen LogP contribution >= 0.6 is 0 Å². The van der Waals surface area contributed by atoms with Gasteiger partial charge in [-0.05, 0) is 6.42 Å². The smallest absolute Gasteiger partial charge is 0.340 e. The first kappa shape index (κ1) is 27.1. The summed E-state index contributed by atoms with van der Waals surface area (Å²) in [7, 11) is 1.07. The lowest BCUT2D eigenvalue weighted by Gasteiger charge is -2.40. The van der Waals surface area contributed by atoms with Gasteiger partial charge < -0.3 is 46.9 Å². The molecule has 6 atom stereocenters. The summed E-state index contributed by atoms with van der Waals surface area (Å²) in [5, 5.41) is 50.7. The average Bonchev–Trinajstić information content (AvgIpc) is 2.71. The first-order valence-electron chi connectivity index (χ1n) is 8.36. The highest BCUT2D eigenvalue weighted by Gasteiger charge is 2.44. The minimum Gasteiger partial charge on any atom is -0.480 e. The molecule has 1 heterocycles. The number of nitroso groups, excluding NO2 is 1. The molecule has 0 bridgehead atoms. The lowest BCUT2D eigenvalue weighted by atomic mass is 9.97. The van der Waals surface area contributed by atoms with Gasteiger partial charge in [-0.3, -0.25) is 9.59 Å². The number of hydrogen-bond donors (Lipinski definition) is 7. The molecule has 1 aliphatic heterocycles. The van der Waals surface area contributed by atoms with Crippen LogP contribution in [0.3, 0.4) is 0 Å². The number of Topliss-reactive ketones (excluding diaryl/α,β-unsaturated/α-hetero) is 1. The van der Waals surface area contributed by atoms with Gasteiger partial charge in [0.05, 0.1) is 11.9 Å². The van der Waals surface area contributed by atoms with Gasteiger partial charge in [0.15, 0.2) is 6.29 Å². The number of urea groups is 1. The van der Waals surface area contributed by atoms with Crippen molar-refractivity contribution in [2.75, 3.05) is 13.7 Å². The Kier molecular flexibility index (Phi) is 12.1. The van der Waals surface area contributed by atoms with Gasteiger partial charge in [0, 0.05) is 13.5 Å². The van der Waals surface area contributed by atoms with Crippen LogP contribution in [0, 0.1) is 4.91 Å². The molecule has 0 aliphatic carbocycles. The van der Waals surface area contributed by atoms with E-state index in [-0.39, 0.29) is 12.8 Å². The second-order valence-corrected chi connectivity index (χ2v) is 6.00. The summed E-state index contributed by atoms with van der Waals surface area (Å²) >= 11 is 0. The molecular formula is C14H24N6O10. The summed E-state index contributed by atoms with van der Waals surface area (Å²) in [6.07, 6.45) is -5.12. The number of carbonyl (C=O) groups excluding carboxylic acids is 2. The molecule has 2 amide bonds. The minimum atomic E-state index is -1.63. The number of carbonyl (C=O) groups is 3. The van der Waals surface area contributed by atoms with Gasteiger partial charge in [-0.25, -0.2) is 4.79 Å². The highest BCUT2D eigenvalue weighted by molar-refractivity contribution is 6.25. The summed E-state index contributed by atoms with van der Waals surface area (Å²) in [6, 6.07) is -3.37. The number of nitrogens with two attached hydrogens (primary N) is 1. The number of carboxylic acid groups (broad SMARTS) is 1. The Morgan fingerprint density at radius 3 is 2.40 bits per heavy atom. The molecule has 0 radical (unpaired) electrons. The van der Waals surface area contributed by atoms with Crippen LogP contribution in [-0.2, 0) is 14.3 Å². The van der Waals surface area contributed by atoms with Gasteiger partial charge in [0.2, 0.25) is 5.78 Å². The Balaban J connectivity index is 0.000000612. The number of aliphatic hydroxyl groups is 4. The number of rotatable bonds is 8. The average molecular weight is 436 g/mol. The molecule has 0 saturated carbocycles. The molecule has 0 aromatic carbocycles. The molecule has 1 fully saturated rings. The maximum absolute atomic E-state index is 11.3. The number of carboxylic acids is 1. The molecule has 16 nitrogen and oxygen atoms in total. The van der Waals surface area contributed by atoms with E-state index in [0.717, 1.165) is 7.05 Å². The van der Waals surface area contributed by atoms with Crippen molar-refractivity contribution >= 4 is 24.0 Å². The summed E-state index contributed by atoms with van der Waals surface area (Å²) < 4.78 is 4.80. The summed E-state index contributed by atoms with van der Waals surface area (Å²) in [5.74, 6) is -1.60. The van der Waals surface area contributed by atoms with Crippen LogP contribution in [0.2, 0.25) is 0 Å². The Hall–Kier alpha value is -2.85. The van der Waals surface area contributed by atoms with Crippen LogP contribution in [0.4, 0.5) is 4.79 Å². The van der Waals surface area contributed by atoms with Gasteiger partial charge >= 0.3 is 18.2 Å². The van der Waals surface area contributed by atoms with Crippen LogP contribution in [-0.4, -0.2) is 110 Å². The predicted molar refractivity (Wildman–Crippen MR) is 95.4 cm³/mol. The minimum absolute atomic E-state index is 0.0302. The van der Waals surface area contributed by atoms with Crippen molar-refractivity contribution < 1.29 is 49.4 Å². The standard InChI is InChI=1S/C8H15N3O7.C6H9N3O3/c1-11(10-17)8(16)9-4-6(14)5(13)3(2-12)18-7(4)15;7-5(6(11)12)2-1-4(10)3-9-8/h3-7,12-15H,2H2,1H3,(H,9,16);3,5H,1-2,7H2,(H,11,12)/t3-,4-,5-,6-,7+;5-/m10/s1. The Morgan fingerprint density at radius 2 is 1.93 bits per heavy atom. The number of amides is 2. The van der Waals surface area contributed by atoms with Gasteiger partial charge in [-0.1, -0.05) is 0 Å². The number of ketones is 1. The quantitative estimate of drug-likeness (QED) is 0.0636. The van der Waals surface area contributed by atoms with Gasteiger partial charge in [-0.2, -0.15) is 9.80 Å². The van der Waals surface area contributed by atoms with E-state index < -0.39 is 61.1 Å². The number of nitrogens with one attached hydrogen (secondary N) is 1. The Bertz CT molecular complexity index is 657. The fourth-order valence-corrected chi connectivity index (χ4v) is 2.08. The lowest BCUT2D eigenvalue weighted by Crippen LogP contribution is -2.64. The summed E-state index contributed by atoms with van der Waals surface area (Å²) in [4.78, 5) is 44.7. The predicted octanol–water partition coefficient (Wildman–Crippen LogP) is -3.84. The fourth-order valence-electron chi connectivity index (χ4n) is 2.08. The first-order valence-corrected chi connectivity index (χ1v) is 8.36. The third kappa shape index (κ3) is 8.66. The van der Waals surface area contributed by atoms with Crippen LogP contribution in [0.25, 0.3) is 5.53 Å². The zero-order valence-corrected chi connectivity index (χ0v) is 15.8. The molecule has 0 unspecified atom stereocenters. The monoisotopic (exact) mass is 436 g/mol. The molecule has 30 heavy (non-hydrogen) atoms. The third-order valence-electron chi connectivity index (χ3n) is 3.83. The van der Waals surface area contributed by atoms with Crippen LogP contribution in [0.15, 0.2) is 5.29 Å². The van der Waals surface area contributed by atoms with E-state index in [2.05, 4.69) is 15.4 Å². The number of hydrogen-bond acceptors (Lipinski definition) is 11. The zero-order chi connectivity index (χ0) is 23.4. The SMILES string of the molecule is CN(N=O)C(=O)N[C@@H]1[C@@H](O)[C@H](O)[C@@H](CO)O[C@@H]1O.[N-]=[N+]=CC(=O)CC[C@H](N)C(=O)O. The van der Waals surface area contributed by atoms with E-state index >= 15 is 0 Å². The highest BCUT2D eigenvalue weighted by atomic mass is 16.6. The first-order chi connectivity index (χ1) is 14.0. The van der Waals surface area contributed by atoms with Gasteiger partial charge in [-0.15, -0.1) is 4.91 Å². The normalized spacial score (nSPS) is 26.1. The van der Waals surface area contributed by atoms with E-state index in [4.69, 9.17) is 26.2 Å². The van der Waals surface area contributed by atoms with Crippen molar-refractivity contribution in [3.63, 3.8) is 0 Å². The number of nitrogens with zero attached hydrogens (tertiary/aromatic N) is 4. The maximum atomic E-state index is 11.3. The van der Waals surface area contributed by atoms with Crippen molar-refractivity contribution in [1.29, 1.82) is 0 Å². The molecule has 1 rings (SSSR count). The lowest BCUT2D eigenvalue weighted by molar-refractivity contribution is -0.252. The molecule has 1 saturated heterocycles. The summed E-state index contributed by atoms with van der Waals surface area (Å²) in [5.41, 5.74) is 13.0. The van der Waals surface area contributed by atoms with E-state index in [9.17, 15) is 34.6 Å². The van der Waals surface area contributed by atoms with Crippen molar-refractivity contribution in [1.82, 2.24) is 10.3 Å². The van der Waals surface area contributed by atoms with Crippen LogP contribution < -0.4 is 11.1 Å². The van der Waals surface area contributed by atoms with E-state index in [1.807, 2.05) is 0 Å². The van der Waals surface area contributed by atoms with Gasteiger partial charge in [0.1, 0.15) is 30.4 Å². The largest absolute Gasteiger partial charge is 0.480 e. The Morgan fingerprint density at radius 1 is 1.33 bits per heavy atom. The van der Waals surface area contributed by atoms with E-state index in [1.54, 1.807) is 0 Å². The fraction of sp³-hybridized carbons (Fsp3) is 0.714. The molecule has 0 aromatic heterocycles. The van der Waals surface area contributed by atoms with Crippen molar-refractivity contribution in [2.45, 2.75) is 49.5 Å². The van der Waals surface area contributed by atoms with Crippen molar-refractivity contribution in [3.05, 3.63) is 10.4 Å². The second-order valence-electron chi connectivity index (χ2n) is 6.00. The molecule has 16 heteroatoms. The molecule has 1 aliphatic rings. The van der Waals surface area contributed by atoms with E-state index in [1.165, 1.54) is 0 Å². The number of aliphatic hydroxyl groups excluding tert-OH is 4. The van der Waals surface area contributed by atoms with Crippen LogP contribution in [0.1, 0.15) is 12.8 Å². The molecule has 170 valence electrons. The van der Waals surface area contributed by atoms with Crippen molar-refractivity contribution in [3.8, 4) is 0 Å². The highest BCUT2D eigenvalue weighted by Crippen LogP contribution is 2.19. The second kappa shape index (κ2) is 13.4. The zero-order valence-electron chi connectivity index (χ0n) is 15.8. The maximum Gasteiger partial charge on any atom is 0.340 e.